The summed E-state index contributed by atoms with van der Waals surface area (Å²) in [5.41, 5.74) is 0.572. The fourth-order valence-electron chi connectivity index (χ4n) is 2.83. The second kappa shape index (κ2) is 6.20. The molecule has 1 aromatic heterocycles. The summed E-state index contributed by atoms with van der Waals surface area (Å²) in [6.45, 7) is 2.25. The third kappa shape index (κ3) is 2.44. The highest BCUT2D eigenvalue weighted by atomic mass is 16.3. The lowest BCUT2D eigenvalue weighted by Crippen LogP contribution is -2.34. The summed E-state index contributed by atoms with van der Waals surface area (Å²) in [6, 6.07) is 16.0. The van der Waals surface area contributed by atoms with Crippen molar-refractivity contribution in [3.63, 3.8) is 0 Å². The first-order chi connectivity index (χ1) is 11.6. The Labute approximate surface area is 139 Å². The zero-order valence-corrected chi connectivity index (χ0v) is 13.6. The second-order valence-electron chi connectivity index (χ2n) is 5.49. The highest BCUT2D eigenvalue weighted by molar-refractivity contribution is 6.10. The number of aromatic hydroxyl groups is 1. The van der Waals surface area contributed by atoms with Crippen LogP contribution >= 0.6 is 0 Å². The summed E-state index contributed by atoms with van der Waals surface area (Å²) >= 11 is 0. The standard InChI is InChI=1S/C19H18N2O3/c1-3-21-15-12-8-7-11-14(15)17(22)16(19(21)24)18(23)20(2)13-9-5-4-6-10-13/h4-12,22H,3H2,1-2H3. The number of fused-ring (bicyclic) bond motifs is 1. The van der Waals surface area contributed by atoms with Gasteiger partial charge in [-0.1, -0.05) is 30.3 Å². The van der Waals surface area contributed by atoms with E-state index >= 15 is 0 Å². The van der Waals surface area contributed by atoms with Crippen LogP contribution in [0.2, 0.25) is 0 Å². The molecule has 0 atom stereocenters. The Morgan fingerprint density at radius 1 is 1.08 bits per heavy atom. The molecule has 0 spiro atoms. The van der Waals surface area contributed by atoms with Gasteiger partial charge in [0.1, 0.15) is 11.3 Å². The van der Waals surface area contributed by atoms with E-state index in [-0.39, 0.29) is 11.3 Å². The van der Waals surface area contributed by atoms with E-state index in [0.717, 1.165) is 0 Å². The highest BCUT2D eigenvalue weighted by Gasteiger charge is 2.24. The molecule has 5 heteroatoms. The van der Waals surface area contributed by atoms with E-state index in [4.69, 9.17) is 0 Å². The number of aromatic nitrogens is 1. The maximum atomic E-state index is 12.9. The molecular formula is C19H18N2O3. The number of hydrogen-bond acceptors (Lipinski definition) is 3. The normalized spacial score (nSPS) is 10.8. The van der Waals surface area contributed by atoms with Crippen molar-refractivity contribution in [2.24, 2.45) is 0 Å². The molecule has 24 heavy (non-hydrogen) atoms. The number of anilines is 1. The molecule has 122 valence electrons. The van der Waals surface area contributed by atoms with Crippen molar-refractivity contribution in [1.82, 2.24) is 4.57 Å². The van der Waals surface area contributed by atoms with E-state index < -0.39 is 11.5 Å². The molecule has 3 rings (SSSR count). The van der Waals surface area contributed by atoms with Gasteiger partial charge in [0, 0.05) is 24.7 Å². The van der Waals surface area contributed by atoms with Crippen LogP contribution in [0, 0.1) is 0 Å². The molecule has 0 aliphatic heterocycles. The minimum atomic E-state index is -0.531. The first-order valence-electron chi connectivity index (χ1n) is 7.73. The van der Waals surface area contributed by atoms with Gasteiger partial charge in [0.05, 0.1) is 5.52 Å². The number of nitrogens with zero attached hydrogens (tertiary/aromatic N) is 2. The third-order valence-corrected chi connectivity index (χ3v) is 4.12. The van der Waals surface area contributed by atoms with Gasteiger partial charge >= 0.3 is 0 Å². The van der Waals surface area contributed by atoms with E-state index in [9.17, 15) is 14.7 Å². The van der Waals surface area contributed by atoms with Gasteiger partial charge in [0.2, 0.25) is 0 Å². The van der Waals surface area contributed by atoms with Crippen LogP contribution in [0.3, 0.4) is 0 Å². The quantitative estimate of drug-likeness (QED) is 0.806. The van der Waals surface area contributed by atoms with E-state index in [2.05, 4.69) is 0 Å². The SMILES string of the molecule is CCn1c(=O)c(C(=O)N(C)c2ccccc2)c(O)c2ccccc21. The zero-order chi connectivity index (χ0) is 17.3. The minimum Gasteiger partial charge on any atom is -0.506 e. The molecule has 5 nitrogen and oxygen atoms in total. The zero-order valence-electron chi connectivity index (χ0n) is 13.6. The Hall–Kier alpha value is -3.08. The molecule has 0 saturated carbocycles. The van der Waals surface area contributed by atoms with Crippen LogP contribution < -0.4 is 10.5 Å². The Morgan fingerprint density at radius 3 is 2.38 bits per heavy atom. The summed E-state index contributed by atoms with van der Waals surface area (Å²) in [5.74, 6) is -0.801. The van der Waals surface area contributed by atoms with Crippen LogP contribution in [0.1, 0.15) is 17.3 Å². The molecule has 0 aliphatic carbocycles. The van der Waals surface area contributed by atoms with Crippen molar-refractivity contribution in [3.05, 3.63) is 70.5 Å². The Morgan fingerprint density at radius 2 is 1.71 bits per heavy atom. The van der Waals surface area contributed by atoms with Gasteiger partial charge in [-0.3, -0.25) is 9.59 Å². The van der Waals surface area contributed by atoms with Gasteiger partial charge in [0.25, 0.3) is 11.5 Å². The molecule has 0 aliphatic rings. The van der Waals surface area contributed by atoms with Crippen LogP contribution in [0.15, 0.2) is 59.4 Å². The summed E-state index contributed by atoms with van der Waals surface area (Å²) < 4.78 is 1.50. The molecule has 0 saturated heterocycles. The molecular weight excluding hydrogens is 304 g/mol. The lowest BCUT2D eigenvalue weighted by Gasteiger charge is -2.19. The smallest absolute Gasteiger partial charge is 0.267 e. The Balaban J connectivity index is 2.23. The van der Waals surface area contributed by atoms with E-state index in [1.165, 1.54) is 9.47 Å². The van der Waals surface area contributed by atoms with Crippen LogP contribution in [-0.2, 0) is 6.54 Å². The predicted molar refractivity (Wildman–Crippen MR) is 94.7 cm³/mol. The van der Waals surface area contributed by atoms with Gasteiger partial charge in [-0.2, -0.15) is 0 Å². The van der Waals surface area contributed by atoms with Crippen LogP contribution in [0.4, 0.5) is 5.69 Å². The second-order valence-corrected chi connectivity index (χ2v) is 5.49. The van der Waals surface area contributed by atoms with Gasteiger partial charge < -0.3 is 14.6 Å². The average Bonchev–Trinajstić information content (AvgIpc) is 2.62. The number of aryl methyl sites for hydroxylation is 1. The lowest BCUT2D eigenvalue weighted by molar-refractivity contribution is 0.0988. The summed E-state index contributed by atoms with van der Waals surface area (Å²) in [7, 11) is 1.59. The van der Waals surface area contributed by atoms with Crippen LogP contribution in [-0.4, -0.2) is 22.6 Å². The Kier molecular flexibility index (Phi) is 4.08. The van der Waals surface area contributed by atoms with Crippen molar-refractivity contribution in [3.8, 4) is 5.75 Å². The lowest BCUT2D eigenvalue weighted by atomic mass is 10.1. The molecule has 1 N–H and O–H groups in total. The summed E-state index contributed by atoms with van der Waals surface area (Å²) in [6.07, 6.45) is 0. The number of rotatable bonds is 3. The summed E-state index contributed by atoms with van der Waals surface area (Å²) in [4.78, 5) is 27.0. The summed E-state index contributed by atoms with van der Waals surface area (Å²) in [5, 5.41) is 11.0. The van der Waals surface area contributed by atoms with Crippen molar-refractivity contribution in [1.29, 1.82) is 0 Å². The predicted octanol–water partition coefficient (Wildman–Crippen LogP) is 3.00. The molecule has 0 unspecified atom stereocenters. The number of pyridine rings is 1. The van der Waals surface area contributed by atoms with Crippen LogP contribution in [0.25, 0.3) is 10.9 Å². The highest BCUT2D eigenvalue weighted by Crippen LogP contribution is 2.27. The fraction of sp³-hybridized carbons (Fsp3) is 0.158. The number of carbonyl (C=O) groups excluding carboxylic acids is 1. The average molecular weight is 322 g/mol. The molecule has 3 aromatic rings. The number of carbonyl (C=O) groups is 1. The van der Waals surface area contributed by atoms with Gasteiger partial charge in [0.15, 0.2) is 0 Å². The molecule has 1 amide bonds. The van der Waals surface area contributed by atoms with E-state index in [1.54, 1.807) is 43.4 Å². The first kappa shape index (κ1) is 15.8. The minimum absolute atomic E-state index is 0.207. The van der Waals surface area contributed by atoms with Crippen molar-refractivity contribution < 1.29 is 9.90 Å². The molecule has 2 aromatic carbocycles. The number of benzene rings is 2. The maximum Gasteiger partial charge on any atom is 0.267 e. The first-order valence-corrected chi connectivity index (χ1v) is 7.73. The van der Waals surface area contributed by atoms with Gasteiger partial charge in [-0.15, -0.1) is 0 Å². The van der Waals surface area contributed by atoms with Gasteiger partial charge in [-0.25, -0.2) is 0 Å². The Bertz CT molecular complexity index is 962. The fourth-order valence-corrected chi connectivity index (χ4v) is 2.83. The monoisotopic (exact) mass is 322 g/mol. The topological polar surface area (TPSA) is 62.5 Å². The van der Waals surface area contributed by atoms with E-state index in [0.29, 0.717) is 23.1 Å². The van der Waals surface area contributed by atoms with E-state index in [1.807, 2.05) is 25.1 Å². The largest absolute Gasteiger partial charge is 0.506 e. The number of amides is 1. The molecule has 0 fully saturated rings. The molecule has 1 heterocycles. The van der Waals surface area contributed by atoms with Crippen molar-refractivity contribution in [2.75, 3.05) is 11.9 Å². The molecule has 0 radical (unpaired) electrons. The molecule has 0 bridgehead atoms. The van der Waals surface area contributed by atoms with Gasteiger partial charge in [-0.05, 0) is 31.2 Å². The van der Waals surface area contributed by atoms with Crippen molar-refractivity contribution in [2.45, 2.75) is 13.5 Å². The third-order valence-electron chi connectivity index (χ3n) is 4.12. The van der Waals surface area contributed by atoms with Crippen LogP contribution in [0.5, 0.6) is 5.75 Å². The van der Waals surface area contributed by atoms with Crippen molar-refractivity contribution >= 4 is 22.5 Å². The number of para-hydroxylation sites is 2. The maximum absolute atomic E-state index is 12.9. The number of hydrogen-bond donors (Lipinski definition) is 1.